The van der Waals surface area contributed by atoms with E-state index < -0.39 is 0 Å². The zero-order valence-electron chi connectivity index (χ0n) is 13.1. The lowest BCUT2D eigenvalue weighted by Crippen LogP contribution is -2.23. The lowest BCUT2D eigenvalue weighted by molar-refractivity contribution is 0.0579. The van der Waals surface area contributed by atoms with Gasteiger partial charge in [0.05, 0.1) is 13.2 Å². The van der Waals surface area contributed by atoms with Crippen LogP contribution in [-0.2, 0) is 4.74 Å². The molecule has 22 heavy (non-hydrogen) atoms. The second kappa shape index (κ2) is 10.7. The van der Waals surface area contributed by atoms with E-state index >= 15 is 0 Å². The molecule has 1 aromatic carbocycles. The SMILES string of the molecule is COc1cccc(NC(N)=NCCCOC2CCCC2)c1.I. The molecular formula is C16H26IN3O2. The van der Waals surface area contributed by atoms with Crippen LogP contribution in [0.4, 0.5) is 5.69 Å². The van der Waals surface area contributed by atoms with Crippen LogP contribution in [0.25, 0.3) is 0 Å². The minimum atomic E-state index is 0. The van der Waals surface area contributed by atoms with E-state index in [4.69, 9.17) is 15.2 Å². The van der Waals surface area contributed by atoms with Crippen molar-refractivity contribution >= 4 is 35.6 Å². The number of rotatable bonds is 7. The number of methoxy groups -OCH3 is 1. The van der Waals surface area contributed by atoms with Gasteiger partial charge >= 0.3 is 0 Å². The maximum atomic E-state index is 5.86. The van der Waals surface area contributed by atoms with Gasteiger partial charge < -0.3 is 20.5 Å². The summed E-state index contributed by atoms with van der Waals surface area (Å²) in [5, 5.41) is 3.06. The summed E-state index contributed by atoms with van der Waals surface area (Å²) in [5.41, 5.74) is 6.73. The maximum absolute atomic E-state index is 5.86. The van der Waals surface area contributed by atoms with Gasteiger partial charge in [0.15, 0.2) is 5.96 Å². The van der Waals surface area contributed by atoms with E-state index in [1.807, 2.05) is 24.3 Å². The molecule has 1 aromatic rings. The van der Waals surface area contributed by atoms with Crippen LogP contribution in [-0.4, -0.2) is 32.3 Å². The Hall–Kier alpha value is -1.02. The summed E-state index contributed by atoms with van der Waals surface area (Å²) >= 11 is 0. The van der Waals surface area contributed by atoms with Gasteiger partial charge in [-0.1, -0.05) is 18.9 Å². The maximum Gasteiger partial charge on any atom is 0.193 e. The summed E-state index contributed by atoms with van der Waals surface area (Å²) in [4.78, 5) is 4.30. The summed E-state index contributed by atoms with van der Waals surface area (Å²) in [5.74, 6) is 1.21. The summed E-state index contributed by atoms with van der Waals surface area (Å²) < 4.78 is 10.9. The fourth-order valence-electron chi connectivity index (χ4n) is 2.46. The molecule has 6 heteroatoms. The predicted octanol–water partition coefficient (Wildman–Crippen LogP) is 3.39. The smallest absolute Gasteiger partial charge is 0.193 e. The fraction of sp³-hybridized carbons (Fsp3) is 0.562. The van der Waals surface area contributed by atoms with E-state index in [2.05, 4.69) is 10.3 Å². The zero-order valence-corrected chi connectivity index (χ0v) is 15.4. The van der Waals surface area contributed by atoms with Gasteiger partial charge in [0.25, 0.3) is 0 Å². The quantitative estimate of drug-likeness (QED) is 0.308. The number of hydrogen-bond acceptors (Lipinski definition) is 3. The second-order valence-corrected chi connectivity index (χ2v) is 5.25. The van der Waals surface area contributed by atoms with Gasteiger partial charge in [-0.2, -0.15) is 0 Å². The monoisotopic (exact) mass is 419 g/mol. The molecule has 2 rings (SSSR count). The molecule has 0 heterocycles. The summed E-state index contributed by atoms with van der Waals surface area (Å²) in [6.45, 7) is 1.44. The number of benzene rings is 1. The average molecular weight is 419 g/mol. The second-order valence-electron chi connectivity index (χ2n) is 5.25. The van der Waals surface area contributed by atoms with Crippen molar-refractivity contribution in [2.75, 3.05) is 25.6 Å². The Morgan fingerprint density at radius 2 is 2.14 bits per heavy atom. The molecule has 0 spiro atoms. The first kappa shape index (κ1) is 19.0. The average Bonchev–Trinajstić information content (AvgIpc) is 3.00. The summed E-state index contributed by atoms with van der Waals surface area (Å²) in [7, 11) is 1.64. The first-order valence-corrected chi connectivity index (χ1v) is 7.60. The highest BCUT2D eigenvalue weighted by molar-refractivity contribution is 14.0. The standard InChI is InChI=1S/C16H25N3O2.HI/c1-20-15-9-4-6-13(12-15)19-16(17)18-10-5-11-21-14-7-2-3-8-14;/h4,6,9,12,14H,2-3,5,7-8,10-11H2,1H3,(H3,17,18,19);1H. The Morgan fingerprint density at radius 3 is 2.86 bits per heavy atom. The largest absolute Gasteiger partial charge is 0.497 e. The lowest BCUT2D eigenvalue weighted by Gasteiger charge is -2.10. The Kier molecular flexibility index (Phi) is 9.22. The number of aliphatic imine (C=N–C) groups is 1. The van der Waals surface area contributed by atoms with Crippen molar-refractivity contribution in [3.8, 4) is 5.75 Å². The zero-order chi connectivity index (χ0) is 14.9. The molecule has 1 saturated carbocycles. The van der Waals surface area contributed by atoms with Gasteiger partial charge in [0.2, 0.25) is 0 Å². The number of halogens is 1. The van der Waals surface area contributed by atoms with Crippen LogP contribution >= 0.6 is 24.0 Å². The van der Waals surface area contributed by atoms with Gasteiger partial charge in [-0.05, 0) is 31.4 Å². The van der Waals surface area contributed by atoms with E-state index in [-0.39, 0.29) is 24.0 Å². The van der Waals surface area contributed by atoms with Gasteiger partial charge in [-0.25, -0.2) is 0 Å². The molecular weight excluding hydrogens is 393 g/mol. The van der Waals surface area contributed by atoms with E-state index in [1.165, 1.54) is 25.7 Å². The van der Waals surface area contributed by atoms with Crippen LogP contribution in [0, 0.1) is 0 Å². The van der Waals surface area contributed by atoms with Crippen LogP contribution in [0.1, 0.15) is 32.1 Å². The highest BCUT2D eigenvalue weighted by Gasteiger charge is 2.14. The molecule has 0 saturated heterocycles. The van der Waals surface area contributed by atoms with Crippen molar-refractivity contribution in [3.05, 3.63) is 24.3 Å². The predicted molar refractivity (Wildman–Crippen MR) is 101 cm³/mol. The number of nitrogens with zero attached hydrogens (tertiary/aromatic N) is 1. The van der Waals surface area contributed by atoms with Gasteiger partial charge in [0, 0.05) is 24.9 Å². The van der Waals surface area contributed by atoms with E-state index in [9.17, 15) is 0 Å². The Labute approximate surface area is 149 Å². The van der Waals surface area contributed by atoms with Crippen LogP contribution in [0.3, 0.4) is 0 Å². The molecule has 0 aliphatic heterocycles. The van der Waals surface area contributed by atoms with Crippen molar-refractivity contribution in [1.82, 2.24) is 0 Å². The Morgan fingerprint density at radius 1 is 1.36 bits per heavy atom. The number of guanidine groups is 1. The molecule has 124 valence electrons. The topological polar surface area (TPSA) is 68.9 Å². The number of anilines is 1. The molecule has 0 bridgehead atoms. The summed E-state index contributed by atoms with van der Waals surface area (Å²) in [6, 6.07) is 7.60. The number of ether oxygens (including phenoxy) is 2. The van der Waals surface area contributed by atoms with E-state index in [0.29, 0.717) is 18.6 Å². The third kappa shape index (κ3) is 6.83. The molecule has 0 amide bonds. The Bertz CT molecular complexity index is 462. The molecule has 1 aliphatic rings. The van der Waals surface area contributed by atoms with Crippen LogP contribution in [0.2, 0.25) is 0 Å². The first-order valence-electron chi connectivity index (χ1n) is 7.60. The summed E-state index contributed by atoms with van der Waals surface area (Å²) in [6.07, 6.45) is 6.41. The van der Waals surface area contributed by atoms with Crippen molar-refractivity contribution in [3.63, 3.8) is 0 Å². The highest BCUT2D eigenvalue weighted by atomic mass is 127. The molecule has 0 unspecified atom stereocenters. The molecule has 5 nitrogen and oxygen atoms in total. The highest BCUT2D eigenvalue weighted by Crippen LogP contribution is 2.20. The molecule has 1 fully saturated rings. The third-order valence-corrected chi connectivity index (χ3v) is 3.58. The van der Waals surface area contributed by atoms with Crippen LogP contribution in [0.5, 0.6) is 5.75 Å². The number of nitrogens with two attached hydrogens (primary N) is 1. The molecule has 0 radical (unpaired) electrons. The van der Waals surface area contributed by atoms with E-state index in [1.54, 1.807) is 7.11 Å². The molecule has 3 N–H and O–H groups in total. The Balaban J connectivity index is 0.00000242. The fourth-order valence-corrected chi connectivity index (χ4v) is 2.46. The van der Waals surface area contributed by atoms with Crippen LogP contribution in [0.15, 0.2) is 29.3 Å². The minimum absolute atomic E-state index is 0. The van der Waals surface area contributed by atoms with Gasteiger partial charge in [-0.15, -0.1) is 24.0 Å². The minimum Gasteiger partial charge on any atom is -0.497 e. The first-order chi connectivity index (χ1) is 10.3. The molecule has 0 aromatic heterocycles. The van der Waals surface area contributed by atoms with Gasteiger partial charge in [-0.3, -0.25) is 4.99 Å². The normalized spacial score (nSPS) is 15.4. The molecule has 1 aliphatic carbocycles. The third-order valence-electron chi connectivity index (χ3n) is 3.58. The van der Waals surface area contributed by atoms with Crippen LogP contribution < -0.4 is 15.8 Å². The lowest BCUT2D eigenvalue weighted by atomic mass is 10.3. The van der Waals surface area contributed by atoms with Crippen molar-refractivity contribution in [2.45, 2.75) is 38.2 Å². The van der Waals surface area contributed by atoms with Crippen molar-refractivity contribution < 1.29 is 9.47 Å². The van der Waals surface area contributed by atoms with Crippen molar-refractivity contribution in [2.24, 2.45) is 10.7 Å². The number of hydrogen-bond donors (Lipinski definition) is 2. The molecule has 0 atom stereocenters. The van der Waals surface area contributed by atoms with Gasteiger partial charge in [0.1, 0.15) is 5.75 Å². The van der Waals surface area contributed by atoms with Crippen molar-refractivity contribution in [1.29, 1.82) is 0 Å². The van der Waals surface area contributed by atoms with E-state index in [0.717, 1.165) is 24.5 Å². The number of nitrogens with one attached hydrogen (secondary N) is 1.